The number of carbonyl (C=O) groups excluding carboxylic acids is 1. The molecule has 104 valence electrons. The zero-order chi connectivity index (χ0) is 13.5. The maximum Gasteiger partial charge on any atom is 0.220 e. The van der Waals surface area contributed by atoms with E-state index in [0.717, 1.165) is 39.0 Å². The quantitative estimate of drug-likeness (QED) is 0.765. The fourth-order valence-electron chi connectivity index (χ4n) is 2.54. The smallest absolute Gasteiger partial charge is 0.220 e. The standard InChI is InChI=1S/C16H24N2O/c1-2-3-4-9-16(19)17-10-11-18-12-14-7-5-6-8-15(14)13-18/h5-8H,2-4,9-13H2,1H3,(H,17,19). The third kappa shape index (κ3) is 4.35. The molecule has 1 N–H and O–H groups in total. The predicted molar refractivity (Wildman–Crippen MR) is 77.7 cm³/mol. The Morgan fingerprint density at radius 3 is 2.53 bits per heavy atom. The number of fused-ring (bicyclic) bond motifs is 1. The van der Waals surface area contributed by atoms with Gasteiger partial charge in [0.1, 0.15) is 0 Å². The molecular weight excluding hydrogens is 236 g/mol. The zero-order valence-corrected chi connectivity index (χ0v) is 11.8. The number of nitrogens with one attached hydrogen (secondary N) is 1. The molecule has 3 nitrogen and oxygen atoms in total. The Morgan fingerprint density at radius 2 is 1.89 bits per heavy atom. The van der Waals surface area contributed by atoms with Crippen LogP contribution in [0.2, 0.25) is 0 Å². The molecule has 0 radical (unpaired) electrons. The van der Waals surface area contributed by atoms with Gasteiger partial charge in [0.2, 0.25) is 5.91 Å². The fraction of sp³-hybridized carbons (Fsp3) is 0.562. The molecule has 0 saturated carbocycles. The minimum Gasteiger partial charge on any atom is -0.355 e. The normalized spacial score (nSPS) is 14.4. The maximum absolute atomic E-state index is 11.6. The Kier molecular flexibility index (Phi) is 5.40. The van der Waals surface area contributed by atoms with Crippen LogP contribution in [-0.4, -0.2) is 23.9 Å². The van der Waals surface area contributed by atoms with E-state index in [4.69, 9.17) is 0 Å². The molecule has 1 aliphatic rings. The molecule has 0 spiro atoms. The van der Waals surface area contributed by atoms with Gasteiger partial charge in [-0.05, 0) is 17.5 Å². The molecule has 0 bridgehead atoms. The molecule has 0 atom stereocenters. The second-order valence-electron chi connectivity index (χ2n) is 5.29. The maximum atomic E-state index is 11.6. The molecule has 1 aliphatic heterocycles. The molecular formula is C16H24N2O. The van der Waals surface area contributed by atoms with Crippen molar-refractivity contribution in [3.05, 3.63) is 35.4 Å². The van der Waals surface area contributed by atoms with Crippen LogP contribution < -0.4 is 5.32 Å². The molecule has 2 rings (SSSR count). The molecule has 19 heavy (non-hydrogen) atoms. The molecule has 0 saturated heterocycles. The van der Waals surface area contributed by atoms with Crippen LogP contribution in [0.4, 0.5) is 0 Å². The molecule has 1 heterocycles. The van der Waals surface area contributed by atoms with Crippen LogP contribution in [0, 0.1) is 0 Å². The third-order valence-electron chi connectivity index (χ3n) is 3.66. The van der Waals surface area contributed by atoms with Crippen molar-refractivity contribution in [2.45, 2.75) is 45.7 Å². The van der Waals surface area contributed by atoms with Crippen LogP contribution in [0.5, 0.6) is 0 Å². The molecule has 1 aromatic rings. The monoisotopic (exact) mass is 260 g/mol. The van der Waals surface area contributed by atoms with E-state index in [1.807, 2.05) is 0 Å². The number of hydrogen-bond acceptors (Lipinski definition) is 2. The van der Waals surface area contributed by atoms with Crippen LogP contribution in [0.3, 0.4) is 0 Å². The van der Waals surface area contributed by atoms with Gasteiger partial charge in [-0.2, -0.15) is 0 Å². The first-order valence-electron chi connectivity index (χ1n) is 7.35. The largest absolute Gasteiger partial charge is 0.355 e. The van der Waals surface area contributed by atoms with E-state index in [1.54, 1.807) is 0 Å². The molecule has 1 aromatic carbocycles. The van der Waals surface area contributed by atoms with Gasteiger partial charge in [-0.3, -0.25) is 9.69 Å². The summed E-state index contributed by atoms with van der Waals surface area (Å²) in [5, 5.41) is 3.01. The fourth-order valence-corrected chi connectivity index (χ4v) is 2.54. The highest BCUT2D eigenvalue weighted by Crippen LogP contribution is 2.21. The van der Waals surface area contributed by atoms with Gasteiger partial charge in [0.25, 0.3) is 0 Å². The van der Waals surface area contributed by atoms with E-state index in [9.17, 15) is 4.79 Å². The number of nitrogens with zero attached hydrogens (tertiary/aromatic N) is 1. The topological polar surface area (TPSA) is 32.3 Å². The van der Waals surface area contributed by atoms with Crippen LogP contribution >= 0.6 is 0 Å². The highest BCUT2D eigenvalue weighted by atomic mass is 16.1. The van der Waals surface area contributed by atoms with Crippen molar-refractivity contribution >= 4 is 5.91 Å². The summed E-state index contributed by atoms with van der Waals surface area (Å²) in [7, 11) is 0. The van der Waals surface area contributed by atoms with Gasteiger partial charge >= 0.3 is 0 Å². The highest BCUT2D eigenvalue weighted by Gasteiger charge is 2.17. The number of rotatable bonds is 7. The van der Waals surface area contributed by atoms with Gasteiger partial charge in [0, 0.05) is 32.6 Å². The van der Waals surface area contributed by atoms with Crippen molar-refractivity contribution in [3.8, 4) is 0 Å². The first-order chi connectivity index (χ1) is 9.29. The lowest BCUT2D eigenvalue weighted by Crippen LogP contribution is -2.32. The highest BCUT2D eigenvalue weighted by molar-refractivity contribution is 5.75. The van der Waals surface area contributed by atoms with E-state index in [-0.39, 0.29) is 5.91 Å². The summed E-state index contributed by atoms with van der Waals surface area (Å²) in [5.41, 5.74) is 2.86. The summed E-state index contributed by atoms with van der Waals surface area (Å²) in [6, 6.07) is 8.58. The molecule has 0 fully saturated rings. The van der Waals surface area contributed by atoms with Crippen molar-refractivity contribution in [2.24, 2.45) is 0 Å². The Hall–Kier alpha value is -1.35. The molecule has 3 heteroatoms. The lowest BCUT2D eigenvalue weighted by molar-refractivity contribution is -0.121. The minimum atomic E-state index is 0.199. The SMILES string of the molecule is CCCCCC(=O)NCCN1Cc2ccccc2C1. The lowest BCUT2D eigenvalue weighted by Gasteiger charge is -2.15. The molecule has 0 unspecified atom stereocenters. The molecule has 0 aliphatic carbocycles. The van der Waals surface area contributed by atoms with E-state index >= 15 is 0 Å². The van der Waals surface area contributed by atoms with Gasteiger partial charge < -0.3 is 5.32 Å². The van der Waals surface area contributed by atoms with Crippen LogP contribution in [0.1, 0.15) is 43.7 Å². The average molecular weight is 260 g/mol. The Morgan fingerprint density at radius 1 is 1.21 bits per heavy atom. The van der Waals surface area contributed by atoms with E-state index in [1.165, 1.54) is 17.5 Å². The summed E-state index contributed by atoms with van der Waals surface area (Å²) in [4.78, 5) is 14.0. The van der Waals surface area contributed by atoms with Crippen molar-refractivity contribution < 1.29 is 4.79 Å². The van der Waals surface area contributed by atoms with E-state index in [2.05, 4.69) is 41.4 Å². The van der Waals surface area contributed by atoms with Gasteiger partial charge in [0.15, 0.2) is 0 Å². The number of unbranched alkanes of at least 4 members (excludes halogenated alkanes) is 2. The Balaban J connectivity index is 1.62. The Labute approximate surface area is 116 Å². The number of benzene rings is 1. The molecule has 0 aromatic heterocycles. The second kappa shape index (κ2) is 7.29. The summed E-state index contributed by atoms with van der Waals surface area (Å²) < 4.78 is 0. The van der Waals surface area contributed by atoms with Gasteiger partial charge in [0.05, 0.1) is 0 Å². The van der Waals surface area contributed by atoms with Crippen LogP contribution in [0.15, 0.2) is 24.3 Å². The van der Waals surface area contributed by atoms with E-state index in [0.29, 0.717) is 6.42 Å². The Bertz CT molecular complexity index is 392. The van der Waals surface area contributed by atoms with Gasteiger partial charge in [-0.15, -0.1) is 0 Å². The number of carbonyl (C=O) groups is 1. The van der Waals surface area contributed by atoms with Gasteiger partial charge in [-0.1, -0.05) is 44.0 Å². The summed E-state index contributed by atoms with van der Waals surface area (Å²) in [5.74, 6) is 0.199. The summed E-state index contributed by atoms with van der Waals surface area (Å²) in [6.07, 6.45) is 4.00. The number of amides is 1. The van der Waals surface area contributed by atoms with Crippen molar-refractivity contribution in [1.29, 1.82) is 0 Å². The van der Waals surface area contributed by atoms with E-state index < -0.39 is 0 Å². The first kappa shape index (κ1) is 14.1. The van der Waals surface area contributed by atoms with Crippen LogP contribution in [-0.2, 0) is 17.9 Å². The van der Waals surface area contributed by atoms with Gasteiger partial charge in [-0.25, -0.2) is 0 Å². The first-order valence-corrected chi connectivity index (χ1v) is 7.35. The van der Waals surface area contributed by atoms with Crippen molar-refractivity contribution in [1.82, 2.24) is 10.2 Å². The zero-order valence-electron chi connectivity index (χ0n) is 11.8. The number of hydrogen-bond donors (Lipinski definition) is 1. The van der Waals surface area contributed by atoms with Crippen LogP contribution in [0.25, 0.3) is 0 Å². The minimum absolute atomic E-state index is 0.199. The molecule has 1 amide bonds. The van der Waals surface area contributed by atoms with Crippen molar-refractivity contribution in [3.63, 3.8) is 0 Å². The second-order valence-corrected chi connectivity index (χ2v) is 5.29. The lowest BCUT2D eigenvalue weighted by atomic mass is 10.1. The third-order valence-corrected chi connectivity index (χ3v) is 3.66. The van der Waals surface area contributed by atoms with Crippen molar-refractivity contribution in [2.75, 3.05) is 13.1 Å². The summed E-state index contributed by atoms with van der Waals surface area (Å²) in [6.45, 7) is 5.89. The average Bonchev–Trinajstić information content (AvgIpc) is 2.81. The predicted octanol–water partition coefficient (Wildman–Crippen LogP) is 2.70. The summed E-state index contributed by atoms with van der Waals surface area (Å²) >= 11 is 0.